The molecule has 4 heteroatoms. The maximum absolute atomic E-state index is 12.3. The zero-order chi connectivity index (χ0) is 18.7. The number of carbonyl (C=O) groups excluding carboxylic acids is 1. The Morgan fingerprint density at radius 1 is 1.00 bits per heavy atom. The van der Waals surface area contributed by atoms with Crippen molar-refractivity contribution in [3.05, 3.63) is 0 Å². The van der Waals surface area contributed by atoms with Gasteiger partial charge in [-0.05, 0) is 67.0 Å². The van der Waals surface area contributed by atoms with E-state index in [2.05, 4.69) is 31.1 Å². The Labute approximate surface area is 147 Å². The highest BCUT2D eigenvalue weighted by Crippen LogP contribution is 2.54. The number of hydrogen-bond acceptors (Lipinski definition) is 3. The molecule has 0 spiro atoms. The summed E-state index contributed by atoms with van der Waals surface area (Å²) in [7, 11) is 4.00. The minimum absolute atomic E-state index is 0.0282. The summed E-state index contributed by atoms with van der Waals surface area (Å²) < 4.78 is 0. The highest BCUT2D eigenvalue weighted by molar-refractivity contribution is 7.59. The van der Waals surface area contributed by atoms with Gasteiger partial charge in [-0.3, -0.25) is 9.69 Å². The molecule has 0 bridgehead atoms. The van der Waals surface area contributed by atoms with E-state index in [1.807, 2.05) is 48.6 Å². The van der Waals surface area contributed by atoms with Crippen LogP contribution in [-0.4, -0.2) is 54.5 Å². The van der Waals surface area contributed by atoms with Crippen molar-refractivity contribution < 1.29 is 4.79 Å². The quantitative estimate of drug-likeness (QED) is 0.691. The molecule has 0 aliphatic carbocycles. The number of hydrogen-bond donors (Lipinski definition) is 1. The molecule has 1 aliphatic heterocycles. The summed E-state index contributed by atoms with van der Waals surface area (Å²) in [5, 5.41) is 3.28. The largest absolute Gasteiger partial charge is 0.308 e. The first-order chi connectivity index (χ1) is 10.7. The molecule has 0 atom stereocenters. The van der Waals surface area contributed by atoms with Gasteiger partial charge in [0.25, 0.3) is 0 Å². The average molecular weight is 347 g/mol. The van der Waals surface area contributed by atoms with E-state index in [4.69, 9.17) is 0 Å². The zero-order valence-corrected chi connectivity index (χ0v) is 18.4. The predicted molar refractivity (Wildman–Crippen MR) is 108 cm³/mol. The van der Waals surface area contributed by atoms with E-state index in [0.717, 1.165) is 0 Å². The molecule has 1 rings (SSSR count). The lowest BCUT2D eigenvalue weighted by Gasteiger charge is -2.44. The summed E-state index contributed by atoms with van der Waals surface area (Å²) in [6, 6.07) is 0. The van der Waals surface area contributed by atoms with Gasteiger partial charge in [0.15, 0.2) is 5.78 Å². The van der Waals surface area contributed by atoms with Gasteiger partial charge in [0.2, 0.25) is 0 Å². The maximum Gasteiger partial charge on any atom is 0.166 e. The van der Waals surface area contributed by atoms with E-state index in [0.29, 0.717) is 6.54 Å². The Morgan fingerprint density at radius 2 is 1.43 bits per heavy atom. The number of Topliss-reactive ketones (excluding diaryl/α,β-unsaturated/α-hetero) is 1. The van der Waals surface area contributed by atoms with Gasteiger partial charge in [-0.1, -0.05) is 42.0 Å². The third kappa shape index (κ3) is 8.09. The number of ketones is 1. The second-order valence-corrected chi connectivity index (χ2v) is 9.76. The molecule has 0 saturated carbocycles. The normalized spacial score (nSPS) is 16.1. The minimum atomic E-state index is -0.426. The van der Waals surface area contributed by atoms with Crippen LogP contribution in [0, 0.1) is 0 Å². The van der Waals surface area contributed by atoms with Crippen LogP contribution < -0.4 is 5.32 Å². The second kappa shape index (κ2) is 12.4. The first-order valence-corrected chi connectivity index (χ1v) is 11.1. The summed E-state index contributed by atoms with van der Waals surface area (Å²) >= 11 is 0. The Morgan fingerprint density at radius 3 is 1.83 bits per heavy atom. The Hall–Kier alpha value is 0.0200. The number of likely N-dealkylation sites (N-methyl/N-ethyl adjacent to an activating group) is 2. The molecule has 0 aromatic heterocycles. The fourth-order valence-electron chi connectivity index (χ4n) is 2.43. The fourth-order valence-corrected chi connectivity index (χ4v) is 5.51. The van der Waals surface area contributed by atoms with Crippen molar-refractivity contribution in [1.82, 2.24) is 10.2 Å². The monoisotopic (exact) mass is 346 g/mol. The van der Waals surface area contributed by atoms with E-state index in [1.165, 1.54) is 31.6 Å². The molecule has 1 N–H and O–H groups in total. The summed E-state index contributed by atoms with van der Waals surface area (Å²) in [5.41, 5.74) is -0.426. The molecule has 1 saturated heterocycles. The van der Waals surface area contributed by atoms with Crippen LogP contribution in [0.5, 0.6) is 0 Å². The molecule has 140 valence electrons. The van der Waals surface area contributed by atoms with Crippen LogP contribution in [0.1, 0.15) is 74.7 Å². The van der Waals surface area contributed by atoms with Gasteiger partial charge < -0.3 is 5.32 Å². The van der Waals surface area contributed by atoms with Crippen LogP contribution in [0.2, 0.25) is 0 Å². The zero-order valence-electron chi connectivity index (χ0n) is 17.5. The van der Waals surface area contributed by atoms with Crippen LogP contribution >= 0.6 is 7.92 Å². The maximum atomic E-state index is 12.3. The molecule has 0 radical (unpaired) electrons. The summed E-state index contributed by atoms with van der Waals surface area (Å²) in [6.45, 7) is 17.1. The molecule has 0 aromatic carbocycles. The topological polar surface area (TPSA) is 32.3 Å². The van der Waals surface area contributed by atoms with Crippen LogP contribution in [0.4, 0.5) is 0 Å². The fraction of sp³-hybridized carbons (Fsp3) is 0.947. The smallest absolute Gasteiger partial charge is 0.166 e. The molecule has 0 aromatic rings. The van der Waals surface area contributed by atoms with E-state index in [9.17, 15) is 4.79 Å². The summed E-state index contributed by atoms with van der Waals surface area (Å²) in [5.74, 6) is 0.276. The van der Waals surface area contributed by atoms with Gasteiger partial charge in [0, 0.05) is 5.28 Å². The highest BCUT2D eigenvalue weighted by Gasteiger charge is 2.36. The molecule has 3 nitrogen and oxygen atoms in total. The molecule has 1 aliphatic rings. The van der Waals surface area contributed by atoms with Gasteiger partial charge in [-0.2, -0.15) is 0 Å². The molecule has 1 fully saturated rings. The van der Waals surface area contributed by atoms with Crippen molar-refractivity contribution in [2.24, 2.45) is 0 Å². The Bertz CT molecular complexity index is 310. The van der Waals surface area contributed by atoms with Crippen molar-refractivity contribution in [2.75, 3.05) is 33.0 Å². The average Bonchev–Trinajstić information content (AvgIpc) is 2.59. The van der Waals surface area contributed by atoms with Crippen LogP contribution in [0.25, 0.3) is 0 Å². The number of nitrogens with one attached hydrogen (secondary N) is 1. The van der Waals surface area contributed by atoms with Crippen molar-refractivity contribution in [3.63, 3.8) is 0 Å². The van der Waals surface area contributed by atoms with Crippen LogP contribution in [0.15, 0.2) is 0 Å². The molecule has 0 amide bonds. The van der Waals surface area contributed by atoms with E-state index in [-0.39, 0.29) is 19.0 Å². The van der Waals surface area contributed by atoms with Crippen molar-refractivity contribution in [2.45, 2.75) is 85.5 Å². The lowest BCUT2D eigenvalue weighted by atomic mass is 9.99. The second-order valence-electron chi connectivity index (χ2n) is 6.70. The first kappa shape index (κ1) is 25.3. The van der Waals surface area contributed by atoms with Crippen LogP contribution in [-0.2, 0) is 4.79 Å². The van der Waals surface area contributed by atoms with Gasteiger partial charge in [-0.15, -0.1) is 0 Å². The third-order valence-corrected chi connectivity index (χ3v) is 8.37. The van der Waals surface area contributed by atoms with Gasteiger partial charge in [0.05, 0.1) is 12.1 Å². The predicted octanol–water partition coefficient (Wildman–Crippen LogP) is 4.94. The van der Waals surface area contributed by atoms with E-state index < -0.39 is 5.54 Å². The van der Waals surface area contributed by atoms with Crippen molar-refractivity contribution >= 4 is 13.7 Å². The Balaban J connectivity index is 0. The van der Waals surface area contributed by atoms with E-state index >= 15 is 0 Å². The van der Waals surface area contributed by atoms with Crippen LogP contribution in [0.3, 0.4) is 0 Å². The van der Waals surface area contributed by atoms with Gasteiger partial charge in [-0.25, -0.2) is 0 Å². The SMILES string of the molecule is CC.CC.CNC(C)(C)C(=O)CN(C)C(C)(C)P1CCCCC1. The lowest BCUT2D eigenvalue weighted by Crippen LogP contribution is -2.52. The number of nitrogens with zero attached hydrogens (tertiary/aromatic N) is 1. The van der Waals surface area contributed by atoms with Gasteiger partial charge >= 0.3 is 0 Å². The summed E-state index contributed by atoms with van der Waals surface area (Å²) in [4.78, 5) is 14.6. The van der Waals surface area contributed by atoms with Crippen molar-refractivity contribution in [1.29, 1.82) is 0 Å². The Kier molecular flexibility index (Phi) is 13.6. The van der Waals surface area contributed by atoms with Gasteiger partial charge in [0.1, 0.15) is 0 Å². The molecule has 1 heterocycles. The molecule has 0 unspecified atom stereocenters. The minimum Gasteiger partial charge on any atom is -0.308 e. The molecular formula is C19H43N2OP. The first-order valence-electron chi connectivity index (χ1n) is 9.40. The summed E-state index contributed by atoms with van der Waals surface area (Å²) in [6.07, 6.45) is 6.88. The lowest BCUT2D eigenvalue weighted by molar-refractivity contribution is -0.125. The standard InChI is InChI=1S/C15H31N2OP.2C2H6/c1-14(2,16-5)13(18)12-17(6)15(3,4)19-10-8-7-9-11-19;2*1-2/h16H,7-12H2,1-6H3;2*1-2H3. The molecular weight excluding hydrogens is 303 g/mol. The number of carbonyl (C=O) groups is 1. The molecule has 23 heavy (non-hydrogen) atoms. The van der Waals surface area contributed by atoms with E-state index in [1.54, 1.807) is 0 Å². The highest BCUT2D eigenvalue weighted by atomic mass is 31.1. The van der Waals surface area contributed by atoms with Crippen molar-refractivity contribution in [3.8, 4) is 0 Å². The number of rotatable bonds is 6. The third-order valence-electron chi connectivity index (χ3n) is 4.77.